The van der Waals surface area contributed by atoms with Crippen molar-refractivity contribution in [1.29, 1.82) is 0 Å². The SMILES string of the molecule is Cc1ccc(C(=O)N=Nc2cc(NS(=O)(=O)c3ccccc3)c3ccccc3c2O)cc1. The number of aryl methyl sites for hydroxylation is 1. The first-order valence-electron chi connectivity index (χ1n) is 9.70. The molecule has 4 rings (SSSR count). The lowest BCUT2D eigenvalue weighted by Gasteiger charge is -2.13. The van der Waals surface area contributed by atoms with Gasteiger partial charge in [0.1, 0.15) is 5.69 Å². The smallest absolute Gasteiger partial charge is 0.295 e. The Hall–Kier alpha value is -4.04. The number of phenolic OH excluding ortho intramolecular Hbond substituents is 1. The number of anilines is 1. The van der Waals surface area contributed by atoms with Crippen LogP contribution >= 0.6 is 0 Å². The number of amides is 1. The summed E-state index contributed by atoms with van der Waals surface area (Å²) in [5.74, 6) is -0.785. The summed E-state index contributed by atoms with van der Waals surface area (Å²) >= 11 is 0. The number of rotatable bonds is 5. The van der Waals surface area contributed by atoms with E-state index in [0.717, 1.165) is 5.56 Å². The van der Waals surface area contributed by atoms with E-state index in [4.69, 9.17) is 0 Å². The molecule has 0 unspecified atom stereocenters. The molecule has 4 aromatic rings. The van der Waals surface area contributed by atoms with E-state index in [9.17, 15) is 18.3 Å². The van der Waals surface area contributed by atoms with Gasteiger partial charge in [0.05, 0.1) is 10.6 Å². The van der Waals surface area contributed by atoms with E-state index < -0.39 is 15.9 Å². The fourth-order valence-corrected chi connectivity index (χ4v) is 4.25. The number of azo groups is 1. The molecule has 0 bridgehead atoms. The van der Waals surface area contributed by atoms with Crippen LogP contribution in [0.5, 0.6) is 5.75 Å². The summed E-state index contributed by atoms with van der Waals surface area (Å²) in [5.41, 5.74) is 1.53. The molecule has 32 heavy (non-hydrogen) atoms. The van der Waals surface area contributed by atoms with Crippen LogP contribution in [0.4, 0.5) is 11.4 Å². The van der Waals surface area contributed by atoms with Crippen molar-refractivity contribution in [2.45, 2.75) is 11.8 Å². The number of benzene rings is 4. The lowest BCUT2D eigenvalue weighted by molar-refractivity contribution is 0.0995. The maximum absolute atomic E-state index is 12.8. The van der Waals surface area contributed by atoms with Gasteiger partial charge in [0.2, 0.25) is 0 Å². The Bertz CT molecular complexity index is 1430. The summed E-state index contributed by atoms with van der Waals surface area (Å²) < 4.78 is 28.2. The van der Waals surface area contributed by atoms with Crippen LogP contribution in [0, 0.1) is 6.92 Å². The zero-order valence-electron chi connectivity index (χ0n) is 17.1. The zero-order chi connectivity index (χ0) is 22.7. The molecule has 0 saturated carbocycles. The Morgan fingerprint density at radius 1 is 0.875 bits per heavy atom. The van der Waals surface area contributed by atoms with Crippen LogP contribution in [0.15, 0.2) is 100 Å². The first-order valence-corrected chi connectivity index (χ1v) is 11.2. The van der Waals surface area contributed by atoms with Gasteiger partial charge in [-0.2, -0.15) is 0 Å². The number of phenols is 1. The van der Waals surface area contributed by atoms with Gasteiger partial charge in [0, 0.05) is 16.3 Å². The van der Waals surface area contributed by atoms with E-state index in [1.807, 2.05) is 6.92 Å². The maximum atomic E-state index is 12.8. The molecular formula is C24H19N3O4S. The van der Waals surface area contributed by atoms with Gasteiger partial charge >= 0.3 is 0 Å². The molecule has 0 fully saturated rings. The Labute approximate surface area is 185 Å². The standard InChI is InChI=1S/C24H19N3O4S/c1-16-11-13-17(14-12-16)24(29)26-25-22-15-21(19-9-5-6-10-20(19)23(22)28)27-32(30,31)18-7-3-2-4-8-18/h2-15,27-28H,1H3. The van der Waals surface area contributed by atoms with E-state index in [-0.39, 0.29) is 22.0 Å². The Morgan fingerprint density at radius 2 is 1.50 bits per heavy atom. The number of nitrogens with zero attached hydrogens (tertiary/aromatic N) is 2. The minimum atomic E-state index is -3.88. The largest absolute Gasteiger partial charge is 0.505 e. The highest BCUT2D eigenvalue weighted by Crippen LogP contribution is 2.40. The van der Waals surface area contributed by atoms with Gasteiger partial charge in [0.25, 0.3) is 15.9 Å². The van der Waals surface area contributed by atoms with Crippen molar-refractivity contribution in [2.24, 2.45) is 10.2 Å². The molecule has 0 saturated heterocycles. The molecular weight excluding hydrogens is 426 g/mol. The van der Waals surface area contributed by atoms with E-state index in [2.05, 4.69) is 15.0 Å². The van der Waals surface area contributed by atoms with Crippen molar-refractivity contribution in [3.63, 3.8) is 0 Å². The minimum absolute atomic E-state index is 0.0325. The number of nitrogens with one attached hydrogen (secondary N) is 1. The molecule has 2 N–H and O–H groups in total. The third-order valence-electron chi connectivity index (χ3n) is 4.84. The normalized spacial score (nSPS) is 11.7. The Balaban J connectivity index is 1.75. The molecule has 0 radical (unpaired) electrons. The van der Waals surface area contributed by atoms with Gasteiger partial charge in [-0.3, -0.25) is 9.52 Å². The molecule has 8 heteroatoms. The van der Waals surface area contributed by atoms with Gasteiger partial charge < -0.3 is 5.11 Å². The predicted molar refractivity (Wildman–Crippen MR) is 123 cm³/mol. The summed E-state index contributed by atoms with van der Waals surface area (Å²) in [6, 6.07) is 22.9. The minimum Gasteiger partial charge on any atom is -0.505 e. The van der Waals surface area contributed by atoms with Crippen molar-refractivity contribution in [3.8, 4) is 5.75 Å². The second-order valence-electron chi connectivity index (χ2n) is 7.13. The summed E-state index contributed by atoms with van der Waals surface area (Å²) in [6.07, 6.45) is 0. The number of carbonyl (C=O) groups is 1. The predicted octanol–water partition coefficient (Wildman–Crippen LogP) is 5.58. The molecule has 0 aromatic heterocycles. The van der Waals surface area contributed by atoms with Gasteiger partial charge in [-0.05, 0) is 37.3 Å². The number of fused-ring (bicyclic) bond motifs is 1. The second kappa shape index (κ2) is 8.60. The third-order valence-corrected chi connectivity index (χ3v) is 6.22. The molecule has 0 aliphatic carbocycles. The van der Waals surface area contributed by atoms with E-state index >= 15 is 0 Å². The molecule has 0 atom stereocenters. The van der Waals surface area contributed by atoms with E-state index in [1.165, 1.54) is 18.2 Å². The zero-order valence-corrected chi connectivity index (χ0v) is 17.9. The first-order chi connectivity index (χ1) is 15.3. The number of sulfonamides is 1. The van der Waals surface area contributed by atoms with Gasteiger partial charge in [-0.1, -0.05) is 60.2 Å². The molecule has 4 aromatic carbocycles. The van der Waals surface area contributed by atoms with Crippen LogP contribution in [0.25, 0.3) is 10.8 Å². The molecule has 1 amide bonds. The average molecular weight is 446 g/mol. The van der Waals surface area contributed by atoms with Crippen LogP contribution in [0.2, 0.25) is 0 Å². The summed E-state index contributed by atoms with van der Waals surface area (Å²) in [7, 11) is -3.88. The number of aromatic hydroxyl groups is 1. The third kappa shape index (κ3) is 4.35. The molecule has 0 spiro atoms. The van der Waals surface area contributed by atoms with Crippen LogP contribution in [0.3, 0.4) is 0 Å². The maximum Gasteiger partial charge on any atom is 0.295 e. The molecule has 0 heterocycles. The van der Waals surface area contributed by atoms with Gasteiger partial charge in [-0.15, -0.1) is 10.2 Å². The summed E-state index contributed by atoms with van der Waals surface area (Å²) in [4.78, 5) is 12.4. The van der Waals surface area contributed by atoms with Gasteiger partial charge in [-0.25, -0.2) is 8.42 Å². The van der Waals surface area contributed by atoms with Crippen molar-refractivity contribution < 1.29 is 18.3 Å². The van der Waals surface area contributed by atoms with Crippen LogP contribution in [-0.2, 0) is 10.0 Å². The highest BCUT2D eigenvalue weighted by molar-refractivity contribution is 7.92. The van der Waals surface area contributed by atoms with Crippen molar-refractivity contribution in [3.05, 3.63) is 96.1 Å². The lowest BCUT2D eigenvalue weighted by Crippen LogP contribution is -2.13. The molecule has 7 nitrogen and oxygen atoms in total. The fraction of sp³-hybridized carbons (Fsp3) is 0.0417. The van der Waals surface area contributed by atoms with Crippen LogP contribution in [-0.4, -0.2) is 19.4 Å². The quantitative estimate of drug-likeness (QED) is 0.309. The summed E-state index contributed by atoms with van der Waals surface area (Å²) in [5, 5.41) is 19.1. The van der Waals surface area contributed by atoms with Crippen molar-refractivity contribution >= 4 is 38.1 Å². The Kier molecular flexibility index (Phi) is 5.70. The average Bonchev–Trinajstić information content (AvgIpc) is 2.81. The van der Waals surface area contributed by atoms with E-state index in [0.29, 0.717) is 16.3 Å². The molecule has 0 aliphatic rings. The van der Waals surface area contributed by atoms with Crippen molar-refractivity contribution in [1.82, 2.24) is 0 Å². The van der Waals surface area contributed by atoms with Crippen LogP contribution < -0.4 is 4.72 Å². The number of hydrogen-bond donors (Lipinski definition) is 2. The number of carbonyl (C=O) groups excluding carboxylic acids is 1. The molecule has 160 valence electrons. The molecule has 0 aliphatic heterocycles. The van der Waals surface area contributed by atoms with Gasteiger partial charge in [0.15, 0.2) is 5.75 Å². The fourth-order valence-electron chi connectivity index (χ4n) is 3.16. The number of hydrogen-bond acceptors (Lipinski definition) is 5. The monoisotopic (exact) mass is 445 g/mol. The highest BCUT2D eigenvalue weighted by Gasteiger charge is 2.18. The highest BCUT2D eigenvalue weighted by atomic mass is 32.2. The topological polar surface area (TPSA) is 108 Å². The van der Waals surface area contributed by atoms with Crippen molar-refractivity contribution in [2.75, 3.05) is 4.72 Å². The Morgan fingerprint density at radius 3 is 2.19 bits per heavy atom. The van der Waals surface area contributed by atoms with E-state index in [1.54, 1.807) is 66.7 Å². The second-order valence-corrected chi connectivity index (χ2v) is 8.81. The first kappa shape index (κ1) is 21.2. The van der Waals surface area contributed by atoms with Crippen LogP contribution in [0.1, 0.15) is 15.9 Å². The lowest BCUT2D eigenvalue weighted by atomic mass is 10.1. The summed E-state index contributed by atoms with van der Waals surface area (Å²) in [6.45, 7) is 1.90.